The zero-order valence-electron chi connectivity index (χ0n) is 12.2. The van der Waals surface area contributed by atoms with Crippen LogP contribution in [-0.4, -0.2) is 19.5 Å². The van der Waals surface area contributed by atoms with E-state index < -0.39 is 6.55 Å². The van der Waals surface area contributed by atoms with E-state index in [1.165, 1.54) is 47.4 Å². The molecule has 0 radical (unpaired) electrons. The van der Waals surface area contributed by atoms with Crippen LogP contribution in [0.15, 0.2) is 23.7 Å². The normalized spacial score (nSPS) is 14.6. The van der Waals surface area contributed by atoms with Gasteiger partial charge in [0.1, 0.15) is 22.0 Å². The summed E-state index contributed by atoms with van der Waals surface area (Å²) in [7, 11) is 0. The zero-order chi connectivity index (χ0) is 15.8. The summed E-state index contributed by atoms with van der Waals surface area (Å²) in [5.41, 5.74) is 1.36. The summed E-state index contributed by atoms with van der Waals surface area (Å²) >= 11 is 3.20. The first-order valence-electron chi connectivity index (χ1n) is 7.42. The van der Waals surface area contributed by atoms with Crippen molar-refractivity contribution in [3.8, 4) is 0 Å². The predicted octanol–water partition coefficient (Wildman–Crippen LogP) is 4.45. The highest BCUT2D eigenvalue weighted by atomic mass is 32.2. The Bertz CT molecular complexity index is 843. The van der Waals surface area contributed by atoms with Gasteiger partial charge in [-0.25, -0.2) is 15.0 Å². The van der Waals surface area contributed by atoms with Gasteiger partial charge < -0.3 is 0 Å². The second-order valence-corrected chi connectivity index (χ2v) is 7.43. The Balaban J connectivity index is 1.66. The number of hydrogen-bond acceptors (Lipinski definition) is 5. The third-order valence-electron chi connectivity index (χ3n) is 4.01. The van der Waals surface area contributed by atoms with E-state index in [4.69, 9.17) is 0 Å². The molecule has 8 heteroatoms. The summed E-state index contributed by atoms with van der Waals surface area (Å²) in [5.74, 6) is 0.731. The fraction of sp³-hybridized carbons (Fsp3) is 0.400. The molecule has 0 atom stereocenters. The molecule has 3 aromatic rings. The molecule has 0 unspecified atom stereocenters. The number of thioether (sulfide) groups is 1. The van der Waals surface area contributed by atoms with Crippen molar-refractivity contribution < 1.29 is 8.78 Å². The van der Waals surface area contributed by atoms with Gasteiger partial charge in [-0.1, -0.05) is 11.8 Å². The summed E-state index contributed by atoms with van der Waals surface area (Å²) in [5, 5.41) is 1.99. The molecule has 3 heterocycles. The Hall–Kier alpha value is -1.54. The van der Waals surface area contributed by atoms with Gasteiger partial charge in [-0.15, -0.1) is 11.3 Å². The average Bonchev–Trinajstić information content (AvgIpc) is 3.17. The summed E-state index contributed by atoms with van der Waals surface area (Å²) in [4.78, 5) is 15.2. The molecule has 0 amide bonds. The molecule has 120 valence electrons. The van der Waals surface area contributed by atoms with Crippen molar-refractivity contribution >= 4 is 33.3 Å². The highest BCUT2D eigenvalue weighted by molar-refractivity contribution is 7.98. The minimum Gasteiger partial charge on any atom is -0.277 e. The number of rotatable bonds is 4. The number of imidazole rings is 1. The highest BCUT2D eigenvalue weighted by Gasteiger charge is 2.20. The van der Waals surface area contributed by atoms with Gasteiger partial charge in [-0.05, 0) is 31.2 Å². The van der Waals surface area contributed by atoms with Crippen LogP contribution in [0.4, 0.5) is 8.78 Å². The van der Waals surface area contributed by atoms with Gasteiger partial charge in [0.25, 0.3) is 0 Å². The fourth-order valence-electron chi connectivity index (χ4n) is 2.94. The van der Waals surface area contributed by atoms with Crippen LogP contribution in [0.5, 0.6) is 0 Å². The first-order valence-corrected chi connectivity index (χ1v) is 9.22. The molecule has 23 heavy (non-hydrogen) atoms. The molecule has 1 aliphatic carbocycles. The van der Waals surface area contributed by atoms with Crippen molar-refractivity contribution in [1.29, 1.82) is 0 Å². The van der Waals surface area contributed by atoms with Crippen LogP contribution in [0, 0.1) is 0 Å². The molecule has 0 aromatic carbocycles. The van der Waals surface area contributed by atoms with Crippen LogP contribution < -0.4 is 0 Å². The van der Waals surface area contributed by atoms with E-state index in [9.17, 15) is 8.78 Å². The first-order chi connectivity index (χ1) is 11.2. The van der Waals surface area contributed by atoms with Crippen LogP contribution in [0.2, 0.25) is 0 Å². The number of fused-ring (bicyclic) bond motifs is 3. The lowest BCUT2D eigenvalue weighted by Gasteiger charge is -2.11. The molecular formula is C15H14F2N4S2. The average molecular weight is 352 g/mol. The van der Waals surface area contributed by atoms with Crippen molar-refractivity contribution in [2.45, 2.75) is 43.0 Å². The van der Waals surface area contributed by atoms with Crippen molar-refractivity contribution in [3.05, 3.63) is 35.0 Å². The molecule has 0 N–H and O–H groups in total. The second kappa shape index (κ2) is 6.16. The molecule has 3 aromatic heterocycles. The topological polar surface area (TPSA) is 43.6 Å². The lowest BCUT2D eigenvalue weighted by atomic mass is 9.97. The number of thiophene rings is 1. The zero-order valence-corrected chi connectivity index (χ0v) is 13.8. The van der Waals surface area contributed by atoms with E-state index in [1.54, 1.807) is 17.7 Å². The van der Waals surface area contributed by atoms with E-state index >= 15 is 0 Å². The monoisotopic (exact) mass is 352 g/mol. The SMILES string of the molecule is FC(F)n1ccnc1CSc1ncnc2sc3c(c12)CCCC3. The lowest BCUT2D eigenvalue weighted by Crippen LogP contribution is -2.02. The Labute approximate surface area is 140 Å². The van der Waals surface area contributed by atoms with Gasteiger partial charge in [0.05, 0.1) is 5.75 Å². The number of alkyl halides is 2. The second-order valence-electron chi connectivity index (χ2n) is 5.39. The summed E-state index contributed by atoms with van der Waals surface area (Å²) in [6, 6.07) is 0. The van der Waals surface area contributed by atoms with E-state index in [1.807, 2.05) is 0 Å². The van der Waals surface area contributed by atoms with Crippen LogP contribution >= 0.6 is 23.1 Å². The van der Waals surface area contributed by atoms with Gasteiger partial charge >= 0.3 is 6.55 Å². The number of hydrogen-bond donors (Lipinski definition) is 0. The van der Waals surface area contributed by atoms with E-state index in [0.717, 1.165) is 32.7 Å². The van der Waals surface area contributed by atoms with Crippen molar-refractivity contribution in [3.63, 3.8) is 0 Å². The Morgan fingerprint density at radius 2 is 2.09 bits per heavy atom. The van der Waals surface area contributed by atoms with Crippen molar-refractivity contribution in [2.24, 2.45) is 0 Å². The number of aromatic nitrogens is 4. The maximum Gasteiger partial charge on any atom is 0.319 e. The summed E-state index contributed by atoms with van der Waals surface area (Å²) in [6.45, 7) is -2.56. The summed E-state index contributed by atoms with van der Waals surface area (Å²) in [6.07, 6.45) is 8.85. The first kappa shape index (κ1) is 15.0. The fourth-order valence-corrected chi connectivity index (χ4v) is 5.21. The van der Waals surface area contributed by atoms with Gasteiger partial charge in [0.2, 0.25) is 0 Å². The molecule has 1 aliphatic rings. The van der Waals surface area contributed by atoms with E-state index in [2.05, 4.69) is 15.0 Å². The largest absolute Gasteiger partial charge is 0.319 e. The molecule has 0 aliphatic heterocycles. The molecule has 0 bridgehead atoms. The van der Waals surface area contributed by atoms with Gasteiger partial charge in [-0.2, -0.15) is 8.78 Å². The molecule has 4 rings (SSSR count). The lowest BCUT2D eigenvalue weighted by molar-refractivity contribution is 0.0678. The molecule has 0 saturated carbocycles. The third-order valence-corrected chi connectivity index (χ3v) is 6.20. The predicted molar refractivity (Wildman–Crippen MR) is 87.1 cm³/mol. The highest BCUT2D eigenvalue weighted by Crippen LogP contribution is 2.39. The maximum absolute atomic E-state index is 12.9. The van der Waals surface area contributed by atoms with Gasteiger partial charge in [-0.3, -0.25) is 4.57 Å². The minimum atomic E-state index is -2.56. The van der Waals surface area contributed by atoms with E-state index in [0.29, 0.717) is 11.6 Å². The third kappa shape index (κ3) is 2.74. The van der Waals surface area contributed by atoms with Crippen LogP contribution in [0.1, 0.15) is 35.7 Å². The molecule has 0 saturated heterocycles. The quantitative estimate of drug-likeness (QED) is 0.514. The molecule has 4 nitrogen and oxygen atoms in total. The maximum atomic E-state index is 12.9. The van der Waals surface area contributed by atoms with Crippen molar-refractivity contribution in [2.75, 3.05) is 0 Å². The van der Waals surface area contributed by atoms with Crippen LogP contribution in [0.25, 0.3) is 10.2 Å². The Morgan fingerprint density at radius 1 is 1.22 bits per heavy atom. The molecular weight excluding hydrogens is 338 g/mol. The molecule has 0 fully saturated rings. The van der Waals surface area contributed by atoms with Crippen molar-refractivity contribution in [1.82, 2.24) is 19.5 Å². The number of halogens is 2. The van der Waals surface area contributed by atoms with Crippen LogP contribution in [-0.2, 0) is 18.6 Å². The Kier molecular flexibility index (Phi) is 4.02. The smallest absolute Gasteiger partial charge is 0.277 e. The van der Waals surface area contributed by atoms with Gasteiger partial charge in [0.15, 0.2) is 0 Å². The number of nitrogens with zero attached hydrogens (tertiary/aromatic N) is 4. The number of aryl methyl sites for hydroxylation is 2. The van der Waals surface area contributed by atoms with Crippen LogP contribution in [0.3, 0.4) is 0 Å². The minimum absolute atomic E-state index is 0.362. The Morgan fingerprint density at radius 3 is 2.96 bits per heavy atom. The molecule has 0 spiro atoms. The van der Waals surface area contributed by atoms with Gasteiger partial charge in [0, 0.05) is 22.7 Å². The van der Waals surface area contributed by atoms with E-state index in [-0.39, 0.29) is 0 Å². The standard InChI is InChI=1S/C15H14F2N4S2/c16-15(17)21-6-5-18-11(21)7-22-13-12-9-3-1-2-4-10(9)23-14(12)20-8-19-13/h5-6,8,15H,1-4,7H2. The summed E-state index contributed by atoms with van der Waals surface area (Å²) < 4.78 is 26.7.